The number of carbonyl (C=O) groups is 1. The number of anilines is 1. The van der Waals surface area contributed by atoms with E-state index in [1.165, 1.54) is 11.3 Å². The summed E-state index contributed by atoms with van der Waals surface area (Å²) < 4.78 is 0. The molecule has 0 spiro atoms. The summed E-state index contributed by atoms with van der Waals surface area (Å²) in [6.45, 7) is 3.94. The van der Waals surface area contributed by atoms with Gasteiger partial charge >= 0.3 is 6.03 Å². The molecule has 1 aromatic rings. The number of hydrogen-bond donors (Lipinski definition) is 3. The van der Waals surface area contributed by atoms with Gasteiger partial charge in [-0.3, -0.25) is 5.32 Å². The number of nitrogens with one attached hydrogen (secondary N) is 2. The van der Waals surface area contributed by atoms with Crippen LogP contribution in [-0.2, 0) is 0 Å². The summed E-state index contributed by atoms with van der Waals surface area (Å²) in [5.41, 5.74) is -0.379. The molecule has 5 nitrogen and oxygen atoms in total. The molecule has 0 radical (unpaired) electrons. The Morgan fingerprint density at radius 1 is 1.69 bits per heavy atom. The van der Waals surface area contributed by atoms with Crippen LogP contribution in [0.3, 0.4) is 0 Å². The van der Waals surface area contributed by atoms with Crippen molar-refractivity contribution in [3.05, 3.63) is 11.6 Å². The number of amides is 2. The minimum Gasteiger partial charge on any atom is -0.396 e. The molecular weight excluding hydrogens is 226 g/mol. The van der Waals surface area contributed by atoms with Crippen LogP contribution in [0, 0.1) is 0 Å². The van der Waals surface area contributed by atoms with Crippen LogP contribution >= 0.6 is 11.3 Å². The highest BCUT2D eigenvalue weighted by molar-refractivity contribution is 7.13. The first-order valence-electron chi connectivity index (χ1n) is 5.19. The Morgan fingerprint density at radius 2 is 2.44 bits per heavy atom. The number of thiazole rings is 1. The first-order chi connectivity index (χ1) is 7.59. The molecule has 1 heterocycles. The number of carbonyl (C=O) groups excluding carboxylic acids is 1. The summed E-state index contributed by atoms with van der Waals surface area (Å²) in [5.74, 6) is 0. The molecule has 0 saturated heterocycles. The van der Waals surface area contributed by atoms with Crippen molar-refractivity contribution >= 4 is 22.5 Å². The van der Waals surface area contributed by atoms with Crippen LogP contribution < -0.4 is 10.6 Å². The van der Waals surface area contributed by atoms with Gasteiger partial charge in [0.25, 0.3) is 0 Å². The molecule has 6 heteroatoms. The molecule has 16 heavy (non-hydrogen) atoms. The standard InChI is InChI=1S/C10H17N3O2S/c1-3-10(2,4-6-14)13-8(15)12-9-11-5-7-16-9/h5,7,14H,3-4,6H2,1-2H3,(H2,11,12,13,15). The highest BCUT2D eigenvalue weighted by atomic mass is 32.1. The zero-order valence-electron chi connectivity index (χ0n) is 9.49. The maximum atomic E-state index is 11.6. The number of urea groups is 1. The number of aliphatic hydroxyl groups is 1. The zero-order valence-corrected chi connectivity index (χ0v) is 10.3. The van der Waals surface area contributed by atoms with E-state index in [2.05, 4.69) is 15.6 Å². The quantitative estimate of drug-likeness (QED) is 0.738. The van der Waals surface area contributed by atoms with Crippen molar-refractivity contribution < 1.29 is 9.90 Å². The lowest BCUT2D eigenvalue weighted by Crippen LogP contribution is -2.48. The number of aromatic nitrogens is 1. The Hall–Kier alpha value is -1.14. The predicted octanol–water partition coefficient (Wildman–Crippen LogP) is 1.82. The molecule has 0 fully saturated rings. The lowest BCUT2D eigenvalue weighted by Gasteiger charge is -2.28. The van der Waals surface area contributed by atoms with E-state index in [0.717, 1.165) is 6.42 Å². The van der Waals surface area contributed by atoms with Crippen LogP contribution in [0.2, 0.25) is 0 Å². The van der Waals surface area contributed by atoms with Crippen LogP contribution in [-0.4, -0.2) is 28.3 Å². The van der Waals surface area contributed by atoms with Crippen molar-refractivity contribution in [2.24, 2.45) is 0 Å². The number of nitrogens with zero attached hydrogens (tertiary/aromatic N) is 1. The van der Waals surface area contributed by atoms with Crippen molar-refractivity contribution in [3.63, 3.8) is 0 Å². The van der Waals surface area contributed by atoms with E-state index in [-0.39, 0.29) is 18.2 Å². The fraction of sp³-hybridized carbons (Fsp3) is 0.600. The van der Waals surface area contributed by atoms with Crippen molar-refractivity contribution in [2.75, 3.05) is 11.9 Å². The van der Waals surface area contributed by atoms with Crippen molar-refractivity contribution in [1.82, 2.24) is 10.3 Å². The number of aliphatic hydroxyl groups excluding tert-OH is 1. The second-order valence-electron chi connectivity index (χ2n) is 3.80. The van der Waals surface area contributed by atoms with Crippen LogP contribution in [0.1, 0.15) is 26.7 Å². The van der Waals surface area contributed by atoms with Crippen molar-refractivity contribution in [2.45, 2.75) is 32.2 Å². The third kappa shape index (κ3) is 3.79. The molecule has 0 bridgehead atoms. The highest BCUT2D eigenvalue weighted by Crippen LogP contribution is 2.15. The third-order valence-corrected chi connectivity index (χ3v) is 3.20. The maximum absolute atomic E-state index is 11.6. The van der Waals surface area contributed by atoms with E-state index in [1.807, 2.05) is 13.8 Å². The van der Waals surface area contributed by atoms with Crippen LogP contribution in [0.15, 0.2) is 11.6 Å². The SMILES string of the molecule is CCC(C)(CCO)NC(=O)Nc1nccs1. The summed E-state index contributed by atoms with van der Waals surface area (Å²) in [6.07, 6.45) is 2.93. The van der Waals surface area contributed by atoms with Gasteiger partial charge in [-0.2, -0.15) is 0 Å². The Kier molecular flexibility index (Phi) is 4.70. The molecule has 1 aromatic heterocycles. The smallest absolute Gasteiger partial charge is 0.321 e. The molecule has 1 rings (SSSR count). The molecule has 0 aliphatic rings. The van der Waals surface area contributed by atoms with Crippen molar-refractivity contribution in [1.29, 1.82) is 0 Å². The number of hydrogen-bond acceptors (Lipinski definition) is 4. The summed E-state index contributed by atoms with van der Waals surface area (Å²) in [4.78, 5) is 15.6. The van der Waals surface area contributed by atoms with E-state index in [0.29, 0.717) is 11.6 Å². The van der Waals surface area contributed by atoms with E-state index < -0.39 is 0 Å². The average Bonchev–Trinajstić information content (AvgIpc) is 2.70. The lowest BCUT2D eigenvalue weighted by atomic mass is 9.95. The van der Waals surface area contributed by atoms with Gasteiger partial charge in [0, 0.05) is 23.7 Å². The van der Waals surface area contributed by atoms with E-state index in [1.54, 1.807) is 11.6 Å². The van der Waals surface area contributed by atoms with Gasteiger partial charge < -0.3 is 10.4 Å². The second-order valence-corrected chi connectivity index (χ2v) is 4.70. The molecule has 1 atom stereocenters. The lowest BCUT2D eigenvalue weighted by molar-refractivity contribution is 0.208. The first-order valence-corrected chi connectivity index (χ1v) is 6.07. The second kappa shape index (κ2) is 5.81. The summed E-state index contributed by atoms with van der Waals surface area (Å²) in [6, 6.07) is -0.284. The maximum Gasteiger partial charge on any atom is 0.321 e. The van der Waals surface area contributed by atoms with Gasteiger partial charge in [0.2, 0.25) is 0 Å². The summed E-state index contributed by atoms with van der Waals surface area (Å²) in [7, 11) is 0. The van der Waals surface area contributed by atoms with Gasteiger partial charge in [-0.15, -0.1) is 11.3 Å². The van der Waals surface area contributed by atoms with Gasteiger partial charge in [-0.05, 0) is 19.8 Å². The van der Waals surface area contributed by atoms with Crippen LogP contribution in [0.25, 0.3) is 0 Å². The normalized spacial score (nSPS) is 14.2. The Balaban J connectivity index is 2.49. The summed E-state index contributed by atoms with van der Waals surface area (Å²) >= 11 is 1.37. The molecule has 90 valence electrons. The minimum atomic E-state index is -0.379. The van der Waals surface area contributed by atoms with Gasteiger partial charge in [-0.25, -0.2) is 9.78 Å². The van der Waals surface area contributed by atoms with E-state index >= 15 is 0 Å². The van der Waals surface area contributed by atoms with Crippen LogP contribution in [0.4, 0.5) is 9.93 Å². The molecule has 0 aromatic carbocycles. The van der Waals surface area contributed by atoms with E-state index in [9.17, 15) is 4.79 Å². The monoisotopic (exact) mass is 243 g/mol. The highest BCUT2D eigenvalue weighted by Gasteiger charge is 2.23. The molecular formula is C10H17N3O2S. The van der Waals surface area contributed by atoms with Crippen molar-refractivity contribution in [3.8, 4) is 0 Å². The van der Waals surface area contributed by atoms with Gasteiger partial charge in [0.05, 0.1) is 0 Å². The largest absolute Gasteiger partial charge is 0.396 e. The van der Waals surface area contributed by atoms with Gasteiger partial charge in [0.15, 0.2) is 5.13 Å². The Bertz CT molecular complexity index is 329. The average molecular weight is 243 g/mol. The molecule has 0 saturated carbocycles. The molecule has 3 N–H and O–H groups in total. The first kappa shape index (κ1) is 12.9. The molecule has 1 unspecified atom stereocenters. The molecule has 0 aliphatic heterocycles. The summed E-state index contributed by atoms with van der Waals surface area (Å²) in [5, 5.41) is 16.8. The minimum absolute atomic E-state index is 0.0574. The van der Waals surface area contributed by atoms with Gasteiger partial charge in [0.1, 0.15) is 0 Å². The molecule has 2 amide bonds. The topological polar surface area (TPSA) is 74.2 Å². The fourth-order valence-corrected chi connectivity index (χ4v) is 1.79. The molecule has 0 aliphatic carbocycles. The zero-order chi connectivity index (χ0) is 12.0. The third-order valence-electron chi connectivity index (χ3n) is 2.51. The van der Waals surface area contributed by atoms with E-state index in [4.69, 9.17) is 5.11 Å². The predicted molar refractivity (Wildman–Crippen MR) is 64.7 cm³/mol. The number of rotatable bonds is 5. The van der Waals surface area contributed by atoms with Gasteiger partial charge in [-0.1, -0.05) is 6.92 Å². The Labute approximate surface area is 98.9 Å². The van der Waals surface area contributed by atoms with Crippen LogP contribution in [0.5, 0.6) is 0 Å². The fourth-order valence-electron chi connectivity index (χ4n) is 1.26. The Morgan fingerprint density at radius 3 is 2.94 bits per heavy atom.